The van der Waals surface area contributed by atoms with Gasteiger partial charge < -0.3 is 15.3 Å². The molecule has 0 aliphatic rings. The summed E-state index contributed by atoms with van der Waals surface area (Å²) in [6, 6.07) is 13.5. The number of hydrogen-bond donors (Lipinski definition) is 3. The highest BCUT2D eigenvalue weighted by atomic mass is 16.3. The predicted molar refractivity (Wildman–Crippen MR) is 235 cm³/mol. The Hall–Kier alpha value is -3.72. The van der Waals surface area contributed by atoms with Crippen LogP contribution in [0, 0.1) is 0 Å². The molecule has 294 valence electrons. The summed E-state index contributed by atoms with van der Waals surface area (Å²) < 4.78 is 0. The minimum absolute atomic E-state index is 0.139. The highest BCUT2D eigenvalue weighted by Crippen LogP contribution is 2.55. The molecule has 0 radical (unpaired) electrons. The Morgan fingerprint density at radius 2 is 0.407 bits per heavy atom. The van der Waals surface area contributed by atoms with Crippen LogP contribution in [0.3, 0.4) is 0 Å². The summed E-state index contributed by atoms with van der Waals surface area (Å²) in [5, 5.41) is 35.0. The zero-order valence-electron chi connectivity index (χ0n) is 37.0. The Kier molecular flexibility index (Phi) is 13.2. The van der Waals surface area contributed by atoms with E-state index in [1.165, 1.54) is 33.4 Å². The third kappa shape index (κ3) is 7.98. The maximum Gasteiger partial charge on any atom is 0.122 e. The van der Waals surface area contributed by atoms with Gasteiger partial charge in [0.25, 0.3) is 0 Å². The van der Waals surface area contributed by atoms with E-state index < -0.39 is 0 Å². The Balaban J connectivity index is 2.53. The fraction of sp³-hybridized carbons (Fsp3) is 0.529. The predicted octanol–water partition coefficient (Wildman–Crippen LogP) is 15.9. The molecule has 54 heavy (non-hydrogen) atoms. The van der Waals surface area contributed by atoms with Crippen LogP contribution in [-0.4, -0.2) is 15.3 Å². The van der Waals surface area contributed by atoms with Crippen LogP contribution < -0.4 is 0 Å². The van der Waals surface area contributed by atoms with E-state index in [1.807, 2.05) is 0 Å². The number of rotatable bonds is 12. The summed E-state index contributed by atoms with van der Waals surface area (Å²) in [5.74, 6) is 2.53. The first-order chi connectivity index (χ1) is 25.0. The van der Waals surface area contributed by atoms with Gasteiger partial charge in [-0.1, -0.05) is 125 Å². The summed E-state index contributed by atoms with van der Waals surface area (Å²) >= 11 is 0. The van der Waals surface area contributed by atoms with Gasteiger partial charge in [0.2, 0.25) is 0 Å². The average molecular weight is 733 g/mol. The largest absolute Gasteiger partial charge is 0.507 e. The van der Waals surface area contributed by atoms with Crippen LogP contribution in [0.2, 0.25) is 0 Å². The lowest BCUT2D eigenvalue weighted by atomic mass is 9.70. The fourth-order valence-corrected chi connectivity index (χ4v) is 8.59. The zero-order valence-corrected chi connectivity index (χ0v) is 37.0. The molecule has 4 rings (SSSR count). The van der Waals surface area contributed by atoms with Crippen molar-refractivity contribution in [2.24, 2.45) is 0 Å². The first-order valence-electron chi connectivity index (χ1n) is 20.9. The van der Waals surface area contributed by atoms with Gasteiger partial charge in [0.15, 0.2) is 0 Å². The van der Waals surface area contributed by atoms with Gasteiger partial charge in [-0.05, 0) is 173 Å². The van der Waals surface area contributed by atoms with E-state index in [1.54, 1.807) is 0 Å². The van der Waals surface area contributed by atoms with Gasteiger partial charge in [-0.2, -0.15) is 0 Å². The van der Waals surface area contributed by atoms with Crippen molar-refractivity contribution in [1.29, 1.82) is 0 Å². The van der Waals surface area contributed by atoms with Crippen LogP contribution in [0.25, 0.3) is 33.4 Å². The van der Waals surface area contributed by atoms with E-state index in [4.69, 9.17) is 0 Å². The molecular formula is C51H72O3. The van der Waals surface area contributed by atoms with Crippen molar-refractivity contribution in [3.8, 4) is 50.6 Å². The van der Waals surface area contributed by atoms with Crippen molar-refractivity contribution < 1.29 is 15.3 Å². The topological polar surface area (TPSA) is 60.7 Å². The maximum absolute atomic E-state index is 11.7. The molecule has 4 aromatic rings. The second kappa shape index (κ2) is 16.6. The SMILES string of the molecule is CC(C)c1cc(-c2c(C(C)C)c(-c3cc(C(C)C)c(O)c(C(C)C)c3)c(C(C)C)c(-c3cc(C(C)C)c(O)c(C(C)C)c3)c2C(C)C)cc(C(C)C)c1O. The second-order valence-corrected chi connectivity index (χ2v) is 18.8. The number of phenols is 3. The van der Waals surface area contributed by atoms with E-state index in [-0.39, 0.29) is 53.3 Å². The van der Waals surface area contributed by atoms with Crippen LogP contribution in [0.4, 0.5) is 0 Å². The molecule has 0 bridgehead atoms. The van der Waals surface area contributed by atoms with Gasteiger partial charge >= 0.3 is 0 Å². The van der Waals surface area contributed by atoms with Gasteiger partial charge in [-0.3, -0.25) is 0 Å². The van der Waals surface area contributed by atoms with Crippen LogP contribution in [0.5, 0.6) is 17.2 Å². The molecule has 0 atom stereocenters. The highest BCUT2D eigenvalue weighted by Gasteiger charge is 2.33. The van der Waals surface area contributed by atoms with Gasteiger partial charge in [0, 0.05) is 0 Å². The molecule has 0 aromatic heterocycles. The van der Waals surface area contributed by atoms with Crippen LogP contribution in [0.1, 0.15) is 228 Å². The third-order valence-electron chi connectivity index (χ3n) is 11.5. The second-order valence-electron chi connectivity index (χ2n) is 18.8. The average Bonchev–Trinajstić information content (AvgIpc) is 3.06. The smallest absolute Gasteiger partial charge is 0.122 e. The lowest BCUT2D eigenvalue weighted by molar-refractivity contribution is 0.454. The van der Waals surface area contributed by atoms with Gasteiger partial charge in [0.1, 0.15) is 17.2 Å². The zero-order chi connectivity index (χ0) is 40.8. The summed E-state index contributed by atoms with van der Waals surface area (Å²) in [5.41, 5.74) is 16.9. The molecule has 0 fully saturated rings. The molecule has 0 unspecified atom stereocenters. The molecule has 3 N–H and O–H groups in total. The van der Waals surface area contributed by atoms with E-state index in [9.17, 15) is 15.3 Å². The first kappa shape index (κ1) is 43.0. The summed E-state index contributed by atoms with van der Waals surface area (Å²) in [6.07, 6.45) is 0. The van der Waals surface area contributed by atoms with Gasteiger partial charge in [-0.25, -0.2) is 0 Å². The Bertz CT molecular complexity index is 1650. The summed E-state index contributed by atoms with van der Waals surface area (Å²) in [4.78, 5) is 0. The molecule has 0 saturated carbocycles. The molecule has 4 aromatic carbocycles. The Morgan fingerprint density at radius 3 is 0.519 bits per heavy atom. The van der Waals surface area contributed by atoms with Gasteiger partial charge in [-0.15, -0.1) is 0 Å². The summed E-state index contributed by atoms with van der Waals surface area (Å²) in [7, 11) is 0. The van der Waals surface area contributed by atoms with Crippen LogP contribution in [-0.2, 0) is 0 Å². The monoisotopic (exact) mass is 733 g/mol. The quantitative estimate of drug-likeness (QED) is 0.136. The summed E-state index contributed by atoms with van der Waals surface area (Å²) in [6.45, 7) is 40.0. The first-order valence-corrected chi connectivity index (χ1v) is 20.9. The Labute approximate surface area is 329 Å². The lowest BCUT2D eigenvalue weighted by Gasteiger charge is -2.34. The number of aromatic hydroxyl groups is 3. The molecule has 3 heteroatoms. The lowest BCUT2D eigenvalue weighted by Crippen LogP contribution is -2.12. The number of phenolic OH excluding ortho intramolecular Hbond substituents is 3. The van der Waals surface area contributed by atoms with E-state index in [0.29, 0.717) is 17.2 Å². The molecule has 0 aliphatic carbocycles. The van der Waals surface area contributed by atoms with Crippen molar-refractivity contribution in [2.45, 2.75) is 178 Å². The fourth-order valence-electron chi connectivity index (χ4n) is 8.59. The van der Waals surface area contributed by atoms with Gasteiger partial charge in [0.05, 0.1) is 0 Å². The standard InChI is InChI=1S/C51H72O3/c1-25(2)37-19-34(20-38(26(3)4)49(37)52)46-43(31(13)14)47(35-21-39(27(5)6)50(53)40(22-35)28(7)8)45(33(17)18)48(44(46)32(15)16)36-23-41(29(9)10)51(54)42(24-36)30(11)12/h19-33,52-54H,1-18H3. The molecule has 0 spiro atoms. The van der Waals surface area contributed by atoms with Crippen LogP contribution in [0.15, 0.2) is 36.4 Å². The van der Waals surface area contributed by atoms with Crippen molar-refractivity contribution in [1.82, 2.24) is 0 Å². The van der Waals surface area contributed by atoms with Crippen molar-refractivity contribution in [2.75, 3.05) is 0 Å². The normalized spacial score (nSPS) is 12.5. The molecule has 0 saturated heterocycles. The minimum atomic E-state index is 0.139. The molecular weight excluding hydrogens is 661 g/mol. The van der Waals surface area contributed by atoms with E-state index in [0.717, 1.165) is 50.1 Å². The molecule has 3 nitrogen and oxygen atoms in total. The highest BCUT2D eigenvalue weighted by molar-refractivity contribution is 5.94. The molecule has 0 heterocycles. The Morgan fingerprint density at radius 1 is 0.259 bits per heavy atom. The van der Waals surface area contributed by atoms with Crippen molar-refractivity contribution in [3.63, 3.8) is 0 Å². The van der Waals surface area contributed by atoms with E-state index >= 15 is 0 Å². The number of hydrogen-bond acceptors (Lipinski definition) is 3. The van der Waals surface area contributed by atoms with Crippen LogP contribution >= 0.6 is 0 Å². The van der Waals surface area contributed by atoms with Crippen molar-refractivity contribution in [3.05, 3.63) is 86.5 Å². The van der Waals surface area contributed by atoms with Crippen molar-refractivity contribution >= 4 is 0 Å². The maximum atomic E-state index is 11.7. The third-order valence-corrected chi connectivity index (χ3v) is 11.5. The minimum Gasteiger partial charge on any atom is -0.507 e. The number of benzene rings is 4. The van der Waals surface area contributed by atoms with E-state index in [2.05, 4.69) is 161 Å². The molecule has 0 amide bonds. The molecule has 0 aliphatic heterocycles.